The van der Waals surface area contributed by atoms with Gasteiger partial charge in [-0.05, 0) is 44.2 Å². The monoisotopic (exact) mass is 419 g/mol. The number of aliphatic hydroxyl groups excluding tert-OH is 1. The van der Waals surface area contributed by atoms with Gasteiger partial charge in [-0.25, -0.2) is 9.78 Å². The van der Waals surface area contributed by atoms with Crippen LogP contribution in [-0.4, -0.2) is 32.9 Å². The molecule has 1 aromatic heterocycles. The highest BCUT2D eigenvalue weighted by Crippen LogP contribution is 2.45. The molecule has 0 saturated heterocycles. The molecule has 0 bridgehead atoms. The van der Waals surface area contributed by atoms with Crippen molar-refractivity contribution in [1.29, 1.82) is 5.26 Å². The smallest absolute Gasteiger partial charge is 0.357 e. The fourth-order valence-electron chi connectivity index (χ4n) is 3.77. The van der Waals surface area contributed by atoms with Crippen molar-refractivity contribution in [1.82, 2.24) is 4.98 Å². The van der Waals surface area contributed by atoms with Gasteiger partial charge in [-0.1, -0.05) is 18.2 Å². The molecule has 3 aromatic rings. The Morgan fingerprint density at radius 2 is 2.00 bits per heavy atom. The topological polar surface area (TPSA) is 120 Å². The molecule has 2 aromatic carbocycles. The van der Waals surface area contributed by atoms with E-state index in [0.29, 0.717) is 16.9 Å². The number of benzene rings is 2. The predicted octanol–water partition coefficient (Wildman–Crippen LogP) is 3.52. The number of hydrogen-bond acceptors (Lipinski definition) is 7. The molecule has 0 aliphatic carbocycles. The van der Waals surface area contributed by atoms with Crippen LogP contribution in [0.2, 0.25) is 0 Å². The number of aromatic nitrogens is 1. The highest BCUT2D eigenvalue weighted by molar-refractivity contribution is 5.84. The van der Waals surface area contributed by atoms with Gasteiger partial charge in [0.25, 0.3) is 0 Å². The third-order valence-electron chi connectivity index (χ3n) is 5.34. The molecule has 31 heavy (non-hydrogen) atoms. The highest BCUT2D eigenvalue weighted by atomic mass is 16.5. The molecule has 0 fully saturated rings. The molecule has 158 valence electrons. The van der Waals surface area contributed by atoms with Crippen molar-refractivity contribution in [2.24, 2.45) is 0 Å². The van der Waals surface area contributed by atoms with Gasteiger partial charge >= 0.3 is 5.97 Å². The van der Waals surface area contributed by atoms with E-state index in [-0.39, 0.29) is 18.1 Å². The minimum absolute atomic E-state index is 0.103. The van der Waals surface area contributed by atoms with Gasteiger partial charge < -0.3 is 24.3 Å². The maximum Gasteiger partial charge on any atom is 0.357 e. The summed E-state index contributed by atoms with van der Waals surface area (Å²) in [7, 11) is 0. The van der Waals surface area contributed by atoms with Crippen molar-refractivity contribution >= 4 is 11.7 Å². The molecule has 4 rings (SSSR count). The summed E-state index contributed by atoms with van der Waals surface area (Å²) in [6.45, 7) is 3.69. The molecule has 0 amide bonds. The fourth-order valence-corrected chi connectivity index (χ4v) is 3.77. The zero-order chi connectivity index (χ0) is 22.2. The van der Waals surface area contributed by atoms with Crippen LogP contribution >= 0.6 is 0 Å². The van der Waals surface area contributed by atoms with Gasteiger partial charge in [0.2, 0.25) is 5.89 Å². The van der Waals surface area contributed by atoms with Crippen LogP contribution < -0.4 is 9.64 Å². The van der Waals surface area contributed by atoms with Crippen molar-refractivity contribution in [3.63, 3.8) is 0 Å². The van der Waals surface area contributed by atoms with Crippen LogP contribution in [0.25, 0.3) is 0 Å². The largest absolute Gasteiger partial charge is 0.485 e. The number of hydrogen-bond donors (Lipinski definition) is 2. The number of aromatic carboxylic acids is 1. The summed E-state index contributed by atoms with van der Waals surface area (Å²) in [5, 5.41) is 29.9. The second-order valence-corrected chi connectivity index (χ2v) is 7.85. The Balaban J connectivity index is 1.85. The zero-order valence-electron chi connectivity index (χ0n) is 17.0. The number of fused-ring (bicyclic) bond motifs is 1. The van der Waals surface area contributed by atoms with E-state index in [1.807, 2.05) is 35.2 Å². The van der Waals surface area contributed by atoms with Gasteiger partial charge in [0.05, 0.1) is 24.2 Å². The van der Waals surface area contributed by atoms with Gasteiger partial charge in [-0.3, -0.25) is 0 Å². The Bertz CT molecular complexity index is 1150. The van der Waals surface area contributed by atoms with Gasteiger partial charge in [0, 0.05) is 11.3 Å². The Morgan fingerprint density at radius 1 is 1.26 bits per heavy atom. The van der Waals surface area contributed by atoms with Crippen molar-refractivity contribution < 1.29 is 24.2 Å². The molecule has 0 saturated carbocycles. The number of anilines is 1. The number of ether oxygens (including phenoxy) is 1. The van der Waals surface area contributed by atoms with E-state index in [0.717, 1.165) is 12.0 Å². The molecular weight excluding hydrogens is 398 g/mol. The first-order chi connectivity index (χ1) is 14.8. The lowest BCUT2D eigenvalue weighted by atomic mass is 9.84. The third kappa shape index (κ3) is 3.83. The van der Waals surface area contributed by atoms with E-state index in [2.05, 4.69) is 11.1 Å². The molecule has 2 N–H and O–H groups in total. The third-order valence-corrected chi connectivity index (χ3v) is 5.34. The second-order valence-electron chi connectivity index (χ2n) is 7.85. The van der Waals surface area contributed by atoms with E-state index in [1.165, 1.54) is 0 Å². The number of carbonyl (C=O) groups is 1. The molecule has 0 spiro atoms. The van der Waals surface area contributed by atoms with Gasteiger partial charge in [-0.15, -0.1) is 0 Å². The maximum absolute atomic E-state index is 11.3. The number of aliphatic hydroxyl groups is 1. The van der Waals surface area contributed by atoms with E-state index in [9.17, 15) is 20.3 Å². The summed E-state index contributed by atoms with van der Waals surface area (Å²) in [6.07, 6.45) is 0.121. The van der Waals surface area contributed by atoms with E-state index in [4.69, 9.17) is 9.15 Å². The van der Waals surface area contributed by atoms with Crippen LogP contribution in [0.1, 0.15) is 47.4 Å². The van der Waals surface area contributed by atoms with Crippen molar-refractivity contribution in [2.75, 3.05) is 4.90 Å². The molecule has 2 unspecified atom stereocenters. The summed E-state index contributed by atoms with van der Waals surface area (Å²) in [4.78, 5) is 17.1. The molecule has 8 nitrogen and oxygen atoms in total. The lowest BCUT2D eigenvalue weighted by Crippen LogP contribution is -2.53. The molecular formula is C23H21N3O5. The number of nitriles is 1. The normalized spacial score (nSPS) is 19.0. The van der Waals surface area contributed by atoms with Crippen LogP contribution in [0.15, 0.2) is 59.2 Å². The van der Waals surface area contributed by atoms with Crippen molar-refractivity contribution in [2.45, 2.75) is 38.1 Å². The van der Waals surface area contributed by atoms with Crippen LogP contribution in [0.5, 0.6) is 5.75 Å². The number of carboxylic acids is 1. The SMILES string of the molecule is CC1(C)Oc2ccc(C#N)cc2C(N(Cc2nc(C(=O)O)co2)c2ccccc2)C1O. The quantitative estimate of drug-likeness (QED) is 0.645. The number of rotatable bonds is 5. The second kappa shape index (κ2) is 7.78. The van der Waals surface area contributed by atoms with Crippen LogP contribution in [0.3, 0.4) is 0 Å². The fraction of sp³-hybridized carbons (Fsp3) is 0.261. The number of oxazole rings is 1. The number of nitrogens with zero attached hydrogens (tertiary/aromatic N) is 3. The van der Waals surface area contributed by atoms with Gasteiger partial charge in [0.15, 0.2) is 5.69 Å². The predicted molar refractivity (Wildman–Crippen MR) is 111 cm³/mol. The number of carboxylic acid groups (broad SMARTS) is 1. The molecule has 2 atom stereocenters. The van der Waals surface area contributed by atoms with Gasteiger partial charge in [0.1, 0.15) is 23.7 Å². The minimum Gasteiger partial charge on any atom is -0.485 e. The first-order valence-electron chi connectivity index (χ1n) is 9.70. The summed E-state index contributed by atoms with van der Waals surface area (Å²) in [5.74, 6) is -0.424. The average molecular weight is 419 g/mol. The zero-order valence-corrected chi connectivity index (χ0v) is 17.0. The summed E-state index contributed by atoms with van der Waals surface area (Å²) < 4.78 is 11.4. The maximum atomic E-state index is 11.3. The van der Waals surface area contributed by atoms with Crippen LogP contribution in [0, 0.1) is 11.3 Å². The molecule has 1 aliphatic rings. The number of para-hydroxylation sites is 1. The lowest BCUT2D eigenvalue weighted by molar-refractivity contribution is -0.0592. The van der Waals surface area contributed by atoms with Crippen LogP contribution in [-0.2, 0) is 6.54 Å². The van der Waals surface area contributed by atoms with E-state index >= 15 is 0 Å². The Morgan fingerprint density at radius 3 is 2.65 bits per heavy atom. The van der Waals surface area contributed by atoms with Crippen molar-refractivity contribution in [3.8, 4) is 11.8 Å². The summed E-state index contributed by atoms with van der Waals surface area (Å²) in [6, 6.07) is 16.0. The summed E-state index contributed by atoms with van der Waals surface area (Å²) >= 11 is 0. The molecule has 8 heteroatoms. The Hall–Kier alpha value is -3.83. The Kier molecular flexibility index (Phi) is 5.13. The van der Waals surface area contributed by atoms with Gasteiger partial charge in [-0.2, -0.15) is 5.26 Å². The van der Waals surface area contributed by atoms with Crippen LogP contribution in [0.4, 0.5) is 5.69 Å². The first-order valence-corrected chi connectivity index (χ1v) is 9.70. The molecule has 0 radical (unpaired) electrons. The highest BCUT2D eigenvalue weighted by Gasteiger charge is 2.46. The van der Waals surface area contributed by atoms with Crippen molar-refractivity contribution in [3.05, 3.63) is 77.5 Å². The average Bonchev–Trinajstić information content (AvgIpc) is 3.23. The summed E-state index contributed by atoms with van der Waals surface area (Å²) in [5.41, 5.74) is 0.758. The standard InChI is InChI=1S/C23H21N3O5/c1-23(2)21(27)20(16-10-14(11-24)8-9-18(16)31-23)26(15-6-4-3-5-7-15)12-19-25-17(13-30-19)22(28)29/h3-10,13,20-21,27H,12H2,1-2H3,(H,28,29). The Labute approximate surface area is 178 Å². The molecule has 1 aliphatic heterocycles. The van der Waals surface area contributed by atoms with E-state index < -0.39 is 23.7 Å². The molecule has 2 heterocycles. The first kappa shape index (κ1) is 20.4. The lowest BCUT2D eigenvalue weighted by Gasteiger charge is -2.46. The minimum atomic E-state index is -1.18. The van der Waals surface area contributed by atoms with E-state index in [1.54, 1.807) is 32.0 Å².